The van der Waals surface area contributed by atoms with Crippen LogP contribution in [0.5, 0.6) is 0 Å². The third-order valence-corrected chi connectivity index (χ3v) is 4.95. The van der Waals surface area contributed by atoms with Crippen LogP contribution in [0.1, 0.15) is 23.7 Å². The Morgan fingerprint density at radius 1 is 1.26 bits per heavy atom. The minimum Gasteiger partial charge on any atom is -0.449 e. The topological polar surface area (TPSA) is 84.5 Å². The van der Waals surface area contributed by atoms with Crippen molar-refractivity contribution in [1.82, 2.24) is 0 Å². The van der Waals surface area contributed by atoms with E-state index >= 15 is 0 Å². The molecule has 0 bridgehead atoms. The zero-order valence-electron chi connectivity index (χ0n) is 14.5. The van der Waals surface area contributed by atoms with E-state index in [-0.39, 0.29) is 17.9 Å². The summed E-state index contributed by atoms with van der Waals surface area (Å²) in [6.45, 7) is 1.71. The minimum atomic E-state index is -0.998. The van der Waals surface area contributed by atoms with E-state index in [4.69, 9.17) is 4.74 Å². The van der Waals surface area contributed by atoms with E-state index in [0.29, 0.717) is 17.1 Å². The van der Waals surface area contributed by atoms with E-state index in [2.05, 4.69) is 10.6 Å². The molecule has 1 atom stereocenters. The first kappa shape index (κ1) is 18.9. The summed E-state index contributed by atoms with van der Waals surface area (Å²) in [4.78, 5) is 37.1. The Morgan fingerprint density at radius 2 is 2.00 bits per heavy atom. The molecule has 8 heteroatoms. The zero-order valence-corrected chi connectivity index (χ0v) is 15.3. The van der Waals surface area contributed by atoms with E-state index < -0.39 is 23.8 Å². The molecule has 1 aliphatic heterocycles. The van der Waals surface area contributed by atoms with Crippen LogP contribution in [0.4, 0.5) is 15.8 Å². The number of benzene rings is 2. The highest BCUT2D eigenvalue weighted by atomic mass is 32.2. The summed E-state index contributed by atoms with van der Waals surface area (Å²) >= 11 is 1.39. The highest BCUT2D eigenvalue weighted by Crippen LogP contribution is 2.32. The van der Waals surface area contributed by atoms with Crippen molar-refractivity contribution in [3.8, 4) is 0 Å². The van der Waals surface area contributed by atoms with Gasteiger partial charge in [0.1, 0.15) is 5.82 Å². The van der Waals surface area contributed by atoms with Gasteiger partial charge in [-0.1, -0.05) is 6.92 Å². The summed E-state index contributed by atoms with van der Waals surface area (Å²) in [7, 11) is 0. The number of nitrogens with one attached hydrogen (secondary N) is 2. The summed E-state index contributed by atoms with van der Waals surface area (Å²) in [5.41, 5.74) is 1.20. The van der Waals surface area contributed by atoms with Gasteiger partial charge in [-0.25, -0.2) is 9.18 Å². The van der Waals surface area contributed by atoms with E-state index in [9.17, 15) is 18.8 Å². The molecule has 0 aromatic heterocycles. The Hall–Kier alpha value is -2.87. The third kappa shape index (κ3) is 4.65. The molecule has 0 saturated carbocycles. The van der Waals surface area contributed by atoms with Crippen molar-refractivity contribution in [1.29, 1.82) is 0 Å². The lowest BCUT2D eigenvalue weighted by molar-refractivity contribution is -0.124. The summed E-state index contributed by atoms with van der Waals surface area (Å²) in [6, 6.07) is 10.2. The maximum Gasteiger partial charge on any atom is 0.338 e. The fourth-order valence-electron chi connectivity index (χ4n) is 2.49. The highest BCUT2D eigenvalue weighted by molar-refractivity contribution is 8.00. The van der Waals surface area contributed by atoms with Crippen LogP contribution in [-0.4, -0.2) is 29.6 Å². The number of halogens is 1. The average Bonchev–Trinajstić information content (AvgIpc) is 2.67. The van der Waals surface area contributed by atoms with Crippen LogP contribution in [-0.2, 0) is 14.3 Å². The van der Waals surface area contributed by atoms with Gasteiger partial charge in [0, 0.05) is 10.6 Å². The Morgan fingerprint density at radius 3 is 2.70 bits per heavy atom. The van der Waals surface area contributed by atoms with Gasteiger partial charge >= 0.3 is 5.97 Å². The lowest BCUT2D eigenvalue weighted by Gasteiger charge is -2.18. The second-order valence-electron chi connectivity index (χ2n) is 5.85. The van der Waals surface area contributed by atoms with Gasteiger partial charge in [0.05, 0.1) is 17.0 Å². The van der Waals surface area contributed by atoms with Crippen LogP contribution in [0.15, 0.2) is 47.4 Å². The van der Waals surface area contributed by atoms with Gasteiger partial charge in [-0.15, -0.1) is 11.8 Å². The molecule has 1 aliphatic rings. The second-order valence-corrected chi connectivity index (χ2v) is 6.86. The van der Waals surface area contributed by atoms with E-state index in [1.54, 1.807) is 19.1 Å². The molecule has 1 unspecified atom stereocenters. The standard InChI is InChI=1S/C19H17FN2O4S/c1-2-15(18(24)21-13-6-4-12(20)5-7-13)26-19(25)11-3-8-16-14(9-11)22-17(23)10-27-16/h3-9,15H,2,10H2,1H3,(H,21,24)(H,22,23). The highest BCUT2D eigenvalue weighted by Gasteiger charge is 2.23. The lowest BCUT2D eigenvalue weighted by Crippen LogP contribution is -2.32. The van der Waals surface area contributed by atoms with Crippen molar-refractivity contribution in [2.75, 3.05) is 16.4 Å². The quantitative estimate of drug-likeness (QED) is 0.767. The van der Waals surface area contributed by atoms with Crippen LogP contribution < -0.4 is 10.6 Å². The van der Waals surface area contributed by atoms with Gasteiger partial charge in [-0.2, -0.15) is 0 Å². The zero-order chi connectivity index (χ0) is 19.4. The molecule has 2 amide bonds. The molecule has 2 aromatic carbocycles. The van der Waals surface area contributed by atoms with Crippen molar-refractivity contribution >= 4 is 40.9 Å². The molecule has 0 fully saturated rings. The SMILES string of the molecule is CCC(OC(=O)c1ccc2c(c1)NC(=O)CS2)C(=O)Nc1ccc(F)cc1. The molecule has 0 aliphatic carbocycles. The Bertz CT molecular complexity index is 886. The molecule has 0 spiro atoms. The normalized spacial score (nSPS) is 13.9. The Kier molecular flexibility index (Phi) is 5.75. The number of rotatable bonds is 5. The van der Waals surface area contributed by atoms with Crippen molar-refractivity contribution < 1.29 is 23.5 Å². The minimum absolute atomic E-state index is 0.136. The monoisotopic (exact) mass is 388 g/mol. The number of ether oxygens (including phenoxy) is 1. The number of hydrogen-bond donors (Lipinski definition) is 2. The van der Waals surface area contributed by atoms with Crippen molar-refractivity contribution in [3.05, 3.63) is 53.8 Å². The third-order valence-electron chi connectivity index (χ3n) is 3.87. The molecule has 27 heavy (non-hydrogen) atoms. The van der Waals surface area contributed by atoms with Crippen LogP contribution in [0.25, 0.3) is 0 Å². The Labute approximate surface area is 159 Å². The molecular weight excluding hydrogens is 371 g/mol. The number of amides is 2. The number of esters is 1. The average molecular weight is 388 g/mol. The van der Waals surface area contributed by atoms with Gasteiger partial charge in [0.15, 0.2) is 6.10 Å². The van der Waals surface area contributed by atoms with Crippen molar-refractivity contribution in [3.63, 3.8) is 0 Å². The molecule has 1 heterocycles. The van der Waals surface area contributed by atoms with Gasteiger partial charge in [-0.3, -0.25) is 9.59 Å². The van der Waals surface area contributed by atoms with Gasteiger partial charge in [0.2, 0.25) is 5.91 Å². The van der Waals surface area contributed by atoms with Crippen LogP contribution in [0, 0.1) is 5.82 Å². The molecular formula is C19H17FN2O4S. The fourth-order valence-corrected chi connectivity index (χ4v) is 3.27. The summed E-state index contributed by atoms with van der Waals surface area (Å²) in [5.74, 6) is -1.38. The maximum absolute atomic E-state index is 12.9. The maximum atomic E-state index is 12.9. The van der Waals surface area contributed by atoms with Gasteiger partial charge < -0.3 is 15.4 Å². The molecule has 6 nitrogen and oxygen atoms in total. The largest absolute Gasteiger partial charge is 0.449 e. The lowest BCUT2D eigenvalue weighted by atomic mass is 10.2. The smallest absolute Gasteiger partial charge is 0.338 e. The number of thioether (sulfide) groups is 1. The summed E-state index contributed by atoms with van der Waals surface area (Å²) in [6.07, 6.45) is -0.724. The van der Waals surface area contributed by atoms with E-state index in [1.165, 1.54) is 42.1 Å². The van der Waals surface area contributed by atoms with Crippen LogP contribution >= 0.6 is 11.8 Å². The number of fused-ring (bicyclic) bond motifs is 1. The summed E-state index contributed by atoms with van der Waals surface area (Å²) in [5, 5.41) is 5.29. The van der Waals surface area contributed by atoms with Gasteiger partial charge in [0.25, 0.3) is 5.91 Å². The molecule has 0 radical (unpaired) electrons. The molecule has 0 saturated heterocycles. The predicted molar refractivity (Wildman–Crippen MR) is 100 cm³/mol. The second kappa shape index (κ2) is 8.22. The first-order chi connectivity index (χ1) is 13.0. The molecule has 140 valence electrons. The first-order valence-corrected chi connectivity index (χ1v) is 9.29. The van der Waals surface area contributed by atoms with Gasteiger partial charge in [-0.05, 0) is 48.9 Å². The molecule has 2 N–H and O–H groups in total. The number of carbonyl (C=O) groups is 3. The predicted octanol–water partition coefficient (Wildman–Crippen LogP) is 3.44. The fraction of sp³-hybridized carbons (Fsp3) is 0.211. The number of anilines is 2. The Balaban J connectivity index is 1.67. The van der Waals surface area contributed by atoms with Crippen molar-refractivity contribution in [2.24, 2.45) is 0 Å². The molecule has 2 aromatic rings. The summed E-state index contributed by atoms with van der Waals surface area (Å²) < 4.78 is 18.3. The van der Waals surface area contributed by atoms with E-state index in [1.807, 2.05) is 0 Å². The number of hydrogen-bond acceptors (Lipinski definition) is 5. The van der Waals surface area contributed by atoms with Crippen molar-refractivity contribution in [2.45, 2.75) is 24.3 Å². The number of carbonyl (C=O) groups excluding carboxylic acids is 3. The van der Waals surface area contributed by atoms with E-state index in [0.717, 1.165) is 4.90 Å². The van der Waals surface area contributed by atoms with Crippen LogP contribution in [0.2, 0.25) is 0 Å². The molecule has 3 rings (SSSR count). The first-order valence-electron chi connectivity index (χ1n) is 8.30. The van der Waals surface area contributed by atoms with Crippen LogP contribution in [0.3, 0.4) is 0 Å².